The van der Waals surface area contributed by atoms with Crippen LogP contribution in [0.1, 0.15) is 23.4 Å². The Morgan fingerprint density at radius 1 is 1.53 bits per heavy atom. The molecular weight excluding hydrogens is 286 g/mol. The summed E-state index contributed by atoms with van der Waals surface area (Å²) in [6.45, 7) is 3.94. The molecule has 2 aromatic rings. The van der Waals surface area contributed by atoms with Crippen molar-refractivity contribution in [1.82, 2.24) is 4.98 Å². The van der Waals surface area contributed by atoms with Crippen LogP contribution in [0.25, 0.3) is 11.1 Å². The van der Waals surface area contributed by atoms with Gasteiger partial charge in [0, 0.05) is 10.9 Å². The molecule has 0 bridgehead atoms. The number of carboxylic acids is 1. The van der Waals surface area contributed by atoms with Gasteiger partial charge in [0.2, 0.25) is 0 Å². The van der Waals surface area contributed by atoms with Crippen molar-refractivity contribution in [3.05, 3.63) is 27.6 Å². The molecule has 0 aliphatic heterocycles. The summed E-state index contributed by atoms with van der Waals surface area (Å²) in [4.78, 5) is 14.8. The lowest BCUT2D eigenvalue weighted by Crippen LogP contribution is -1.97. The second-order valence-electron chi connectivity index (χ2n) is 3.98. The molecule has 0 radical (unpaired) electrons. The van der Waals surface area contributed by atoms with Crippen LogP contribution in [-0.2, 0) is 11.2 Å². The van der Waals surface area contributed by atoms with Crippen LogP contribution in [-0.4, -0.2) is 16.1 Å². The molecule has 0 spiro atoms. The van der Waals surface area contributed by atoms with Crippen LogP contribution < -0.4 is 0 Å². The summed E-state index contributed by atoms with van der Waals surface area (Å²) in [5.74, 6) is -0.371. The average Bonchev–Trinajstić information content (AvgIpc) is 2.66. The van der Waals surface area contributed by atoms with E-state index in [2.05, 4.69) is 20.9 Å². The number of nitrogens with zero attached hydrogens (tertiary/aromatic N) is 1. The van der Waals surface area contributed by atoms with Gasteiger partial charge in [0.1, 0.15) is 5.52 Å². The average molecular weight is 298 g/mol. The Labute approximate surface area is 107 Å². The second-order valence-corrected chi connectivity index (χ2v) is 4.77. The number of carbonyl (C=O) groups is 1. The van der Waals surface area contributed by atoms with Crippen molar-refractivity contribution in [3.8, 4) is 0 Å². The highest BCUT2D eigenvalue weighted by atomic mass is 79.9. The minimum atomic E-state index is -0.846. The van der Waals surface area contributed by atoms with Crippen molar-refractivity contribution in [2.75, 3.05) is 0 Å². The van der Waals surface area contributed by atoms with E-state index in [0.29, 0.717) is 17.9 Å². The fraction of sp³-hybridized carbons (Fsp3) is 0.333. The summed E-state index contributed by atoms with van der Waals surface area (Å²) in [5, 5.41) is 8.62. The van der Waals surface area contributed by atoms with Gasteiger partial charge in [-0.3, -0.25) is 4.79 Å². The van der Waals surface area contributed by atoms with E-state index >= 15 is 0 Å². The number of hydrogen-bond acceptors (Lipinski definition) is 3. The number of hydrogen-bond donors (Lipinski definition) is 1. The van der Waals surface area contributed by atoms with Crippen LogP contribution in [0.4, 0.5) is 0 Å². The third kappa shape index (κ3) is 2.34. The number of carboxylic acid groups (broad SMARTS) is 1. The van der Waals surface area contributed by atoms with Gasteiger partial charge in [0.05, 0.1) is 6.42 Å². The Morgan fingerprint density at radius 2 is 2.24 bits per heavy atom. The predicted molar refractivity (Wildman–Crippen MR) is 67.1 cm³/mol. The minimum Gasteiger partial charge on any atom is -0.481 e. The van der Waals surface area contributed by atoms with Crippen LogP contribution in [0.15, 0.2) is 15.0 Å². The Kier molecular flexibility index (Phi) is 3.19. The molecule has 0 atom stereocenters. The fourth-order valence-electron chi connectivity index (χ4n) is 1.72. The highest BCUT2D eigenvalue weighted by molar-refractivity contribution is 9.10. The van der Waals surface area contributed by atoms with Gasteiger partial charge in [0.15, 0.2) is 11.5 Å². The second kappa shape index (κ2) is 4.49. The Bertz CT molecular complexity index is 589. The van der Waals surface area contributed by atoms with E-state index in [-0.39, 0.29) is 6.42 Å². The van der Waals surface area contributed by atoms with Gasteiger partial charge in [-0.25, -0.2) is 4.98 Å². The molecule has 0 saturated heterocycles. The third-order valence-corrected chi connectivity index (χ3v) is 3.85. The number of rotatable bonds is 3. The lowest BCUT2D eigenvalue weighted by Gasteiger charge is -2.01. The number of aliphatic carboxylic acids is 1. The zero-order chi connectivity index (χ0) is 12.6. The van der Waals surface area contributed by atoms with Crippen molar-refractivity contribution in [2.24, 2.45) is 0 Å². The van der Waals surface area contributed by atoms with E-state index < -0.39 is 5.97 Å². The van der Waals surface area contributed by atoms with Crippen LogP contribution in [0.3, 0.4) is 0 Å². The molecule has 0 aliphatic rings. The van der Waals surface area contributed by atoms with Gasteiger partial charge in [-0.05, 0) is 31.0 Å². The fourth-order valence-corrected chi connectivity index (χ4v) is 2.03. The molecule has 1 aromatic carbocycles. The Balaban J connectivity index is 2.43. The molecule has 0 fully saturated rings. The molecule has 0 amide bonds. The number of aromatic nitrogens is 1. The van der Waals surface area contributed by atoms with Crippen LogP contribution in [0.2, 0.25) is 0 Å². The first-order valence-corrected chi connectivity index (χ1v) is 6.05. The van der Waals surface area contributed by atoms with E-state index in [9.17, 15) is 4.79 Å². The van der Waals surface area contributed by atoms with Crippen molar-refractivity contribution < 1.29 is 14.3 Å². The molecule has 0 saturated carbocycles. The summed E-state index contributed by atoms with van der Waals surface area (Å²) >= 11 is 3.50. The molecule has 90 valence electrons. The molecule has 1 heterocycles. The minimum absolute atomic E-state index is 0.0338. The number of fused-ring (bicyclic) bond motifs is 1. The summed E-state index contributed by atoms with van der Waals surface area (Å²) in [5.41, 5.74) is 3.60. The quantitative estimate of drug-likeness (QED) is 0.945. The third-order valence-electron chi connectivity index (χ3n) is 2.63. The van der Waals surface area contributed by atoms with Gasteiger partial charge in [-0.15, -0.1) is 0 Å². The molecule has 0 unspecified atom stereocenters. The van der Waals surface area contributed by atoms with Gasteiger partial charge in [-0.2, -0.15) is 0 Å². The number of benzene rings is 1. The van der Waals surface area contributed by atoms with Crippen molar-refractivity contribution in [2.45, 2.75) is 26.7 Å². The normalized spacial score (nSPS) is 11.0. The van der Waals surface area contributed by atoms with Gasteiger partial charge >= 0.3 is 5.97 Å². The number of oxazole rings is 1. The van der Waals surface area contributed by atoms with Crippen molar-refractivity contribution in [3.63, 3.8) is 0 Å². The summed E-state index contributed by atoms with van der Waals surface area (Å²) in [7, 11) is 0. The smallest absolute Gasteiger partial charge is 0.303 e. The van der Waals surface area contributed by atoms with Gasteiger partial charge < -0.3 is 9.52 Å². The summed E-state index contributed by atoms with van der Waals surface area (Å²) in [6.07, 6.45) is 0.353. The van der Waals surface area contributed by atoms with Crippen LogP contribution >= 0.6 is 15.9 Å². The number of halogens is 1. The number of aryl methyl sites for hydroxylation is 3. The molecular formula is C12H12BrNO3. The molecule has 1 aromatic heterocycles. The SMILES string of the molecule is Cc1cc2oc(CCC(=O)O)nc2c(C)c1Br. The van der Waals surface area contributed by atoms with E-state index in [1.807, 2.05) is 19.9 Å². The maximum absolute atomic E-state index is 10.5. The predicted octanol–water partition coefficient (Wildman–Crippen LogP) is 3.22. The summed E-state index contributed by atoms with van der Waals surface area (Å²) in [6, 6.07) is 1.91. The Morgan fingerprint density at radius 3 is 2.88 bits per heavy atom. The summed E-state index contributed by atoms with van der Waals surface area (Å²) < 4.78 is 6.56. The van der Waals surface area contributed by atoms with Crippen molar-refractivity contribution >= 4 is 33.0 Å². The van der Waals surface area contributed by atoms with E-state index in [4.69, 9.17) is 9.52 Å². The van der Waals surface area contributed by atoms with Gasteiger partial charge in [0.25, 0.3) is 0 Å². The largest absolute Gasteiger partial charge is 0.481 e. The van der Waals surface area contributed by atoms with E-state index in [0.717, 1.165) is 21.1 Å². The lowest BCUT2D eigenvalue weighted by molar-refractivity contribution is -0.137. The highest BCUT2D eigenvalue weighted by Gasteiger charge is 2.13. The molecule has 0 aliphatic carbocycles. The topological polar surface area (TPSA) is 63.3 Å². The molecule has 1 N–H and O–H groups in total. The highest BCUT2D eigenvalue weighted by Crippen LogP contribution is 2.29. The molecule has 17 heavy (non-hydrogen) atoms. The van der Waals surface area contributed by atoms with E-state index in [1.165, 1.54) is 0 Å². The Hall–Kier alpha value is -1.36. The van der Waals surface area contributed by atoms with Crippen LogP contribution in [0.5, 0.6) is 0 Å². The monoisotopic (exact) mass is 297 g/mol. The van der Waals surface area contributed by atoms with Crippen molar-refractivity contribution in [1.29, 1.82) is 0 Å². The zero-order valence-electron chi connectivity index (χ0n) is 9.58. The lowest BCUT2D eigenvalue weighted by atomic mass is 10.1. The first-order valence-electron chi connectivity index (χ1n) is 5.26. The standard InChI is InChI=1S/C12H12BrNO3/c1-6-5-8-12(7(2)11(6)13)14-9(17-8)3-4-10(15)16/h5H,3-4H2,1-2H3,(H,15,16). The molecule has 5 heteroatoms. The van der Waals surface area contributed by atoms with Crippen LogP contribution in [0, 0.1) is 13.8 Å². The molecule has 4 nitrogen and oxygen atoms in total. The maximum Gasteiger partial charge on any atom is 0.303 e. The zero-order valence-corrected chi connectivity index (χ0v) is 11.2. The van der Waals surface area contributed by atoms with E-state index in [1.54, 1.807) is 0 Å². The molecule has 2 rings (SSSR count). The first kappa shape index (κ1) is 12.1. The first-order chi connectivity index (χ1) is 7.99. The van der Waals surface area contributed by atoms with Gasteiger partial charge in [-0.1, -0.05) is 15.9 Å². The maximum atomic E-state index is 10.5.